The molecule has 2 aliphatic rings. The zero-order chi connectivity index (χ0) is 21.8. The molecule has 8 heteroatoms. The zero-order valence-corrected chi connectivity index (χ0v) is 19.1. The molecule has 166 valence electrons. The van der Waals surface area contributed by atoms with Crippen LogP contribution in [0, 0.1) is 6.92 Å². The zero-order valence-electron chi connectivity index (χ0n) is 18.3. The standard InChI is InChI=1S/C23H31N5O2S/c1-16-4-3-5-18(12-16)13-20-14-24-23(31-20)26-21(29)15-27-8-10-28(11-9-27)17(2)22(30)25-19-6-7-19/h3-5,12,14,17,19H,6-11,13,15H2,1-2H3,(H,25,30)(H,24,26,29). The van der Waals surface area contributed by atoms with E-state index in [0.717, 1.165) is 50.3 Å². The van der Waals surface area contributed by atoms with Crippen LogP contribution in [0.2, 0.25) is 0 Å². The summed E-state index contributed by atoms with van der Waals surface area (Å²) in [4.78, 5) is 34.6. The Morgan fingerprint density at radius 3 is 2.71 bits per heavy atom. The lowest BCUT2D eigenvalue weighted by Crippen LogP contribution is -2.55. The van der Waals surface area contributed by atoms with Crippen molar-refractivity contribution in [2.24, 2.45) is 0 Å². The first-order valence-corrected chi connectivity index (χ1v) is 11.8. The van der Waals surface area contributed by atoms with Crippen LogP contribution in [-0.4, -0.2) is 71.4 Å². The van der Waals surface area contributed by atoms with Gasteiger partial charge in [0.1, 0.15) is 0 Å². The summed E-state index contributed by atoms with van der Waals surface area (Å²) in [7, 11) is 0. The molecule has 1 aliphatic carbocycles. The Hall–Kier alpha value is -2.29. The number of amides is 2. The molecule has 2 aromatic rings. The third kappa shape index (κ3) is 6.35. The molecule has 1 saturated heterocycles. The van der Waals surface area contributed by atoms with Gasteiger partial charge in [-0.3, -0.25) is 19.4 Å². The number of piperazine rings is 1. The molecule has 0 bridgehead atoms. The molecular weight excluding hydrogens is 410 g/mol. The van der Waals surface area contributed by atoms with Crippen molar-refractivity contribution in [3.63, 3.8) is 0 Å². The number of aromatic nitrogens is 1. The van der Waals surface area contributed by atoms with Crippen molar-refractivity contribution in [3.8, 4) is 0 Å². The molecular formula is C23H31N5O2S. The minimum atomic E-state index is -0.112. The summed E-state index contributed by atoms with van der Waals surface area (Å²) in [5.74, 6) is 0.0864. The number of hydrogen-bond acceptors (Lipinski definition) is 6. The van der Waals surface area contributed by atoms with Crippen LogP contribution in [-0.2, 0) is 16.0 Å². The Bertz CT molecular complexity index is 918. The van der Waals surface area contributed by atoms with Crippen LogP contribution in [0.15, 0.2) is 30.5 Å². The Morgan fingerprint density at radius 2 is 2.00 bits per heavy atom. The van der Waals surface area contributed by atoms with Gasteiger partial charge in [0.05, 0.1) is 12.6 Å². The van der Waals surface area contributed by atoms with Gasteiger partial charge in [0.15, 0.2) is 5.13 Å². The summed E-state index contributed by atoms with van der Waals surface area (Å²) in [6.45, 7) is 7.57. The van der Waals surface area contributed by atoms with E-state index in [-0.39, 0.29) is 17.9 Å². The molecule has 0 spiro atoms. The maximum absolute atomic E-state index is 12.5. The van der Waals surface area contributed by atoms with Gasteiger partial charge in [-0.2, -0.15) is 0 Å². The SMILES string of the molecule is Cc1cccc(Cc2cnc(NC(=O)CN3CCN(C(C)C(=O)NC4CC4)CC3)s2)c1. The Balaban J connectivity index is 1.20. The summed E-state index contributed by atoms with van der Waals surface area (Å²) < 4.78 is 0. The van der Waals surface area contributed by atoms with Crippen LogP contribution < -0.4 is 10.6 Å². The quantitative estimate of drug-likeness (QED) is 0.657. The molecule has 0 radical (unpaired) electrons. The highest BCUT2D eigenvalue weighted by atomic mass is 32.1. The van der Waals surface area contributed by atoms with Gasteiger partial charge in [-0.25, -0.2) is 4.98 Å². The maximum Gasteiger partial charge on any atom is 0.240 e. The van der Waals surface area contributed by atoms with E-state index in [1.54, 1.807) is 0 Å². The van der Waals surface area contributed by atoms with Gasteiger partial charge in [0, 0.05) is 49.7 Å². The largest absolute Gasteiger partial charge is 0.352 e. The number of nitrogens with zero attached hydrogens (tertiary/aromatic N) is 3. The van der Waals surface area contributed by atoms with Crippen molar-refractivity contribution >= 4 is 28.3 Å². The van der Waals surface area contributed by atoms with Crippen LogP contribution >= 0.6 is 11.3 Å². The molecule has 1 aromatic heterocycles. The molecule has 7 nitrogen and oxygen atoms in total. The van der Waals surface area contributed by atoms with Crippen molar-refractivity contribution in [1.82, 2.24) is 20.1 Å². The molecule has 2 N–H and O–H groups in total. The fraction of sp³-hybridized carbons (Fsp3) is 0.522. The van der Waals surface area contributed by atoms with Crippen LogP contribution in [0.4, 0.5) is 5.13 Å². The number of thiazole rings is 1. The highest BCUT2D eigenvalue weighted by molar-refractivity contribution is 7.15. The fourth-order valence-electron chi connectivity index (χ4n) is 3.86. The number of nitrogens with one attached hydrogen (secondary N) is 2. The first-order chi connectivity index (χ1) is 15.0. The number of aryl methyl sites for hydroxylation is 1. The smallest absolute Gasteiger partial charge is 0.240 e. The molecule has 1 unspecified atom stereocenters. The third-order valence-corrected chi connectivity index (χ3v) is 6.80. The van der Waals surface area contributed by atoms with E-state index in [4.69, 9.17) is 0 Å². The fourth-order valence-corrected chi connectivity index (χ4v) is 4.72. The summed E-state index contributed by atoms with van der Waals surface area (Å²) in [6, 6.07) is 8.72. The topological polar surface area (TPSA) is 77.6 Å². The first kappa shape index (κ1) is 21.9. The molecule has 2 heterocycles. The second-order valence-corrected chi connectivity index (χ2v) is 9.73. The van der Waals surface area contributed by atoms with Crippen molar-refractivity contribution in [2.45, 2.75) is 45.2 Å². The van der Waals surface area contributed by atoms with E-state index in [1.807, 2.05) is 13.1 Å². The van der Waals surface area contributed by atoms with Gasteiger partial charge in [-0.15, -0.1) is 11.3 Å². The van der Waals surface area contributed by atoms with E-state index in [9.17, 15) is 9.59 Å². The maximum atomic E-state index is 12.5. The van der Waals surface area contributed by atoms with Crippen molar-refractivity contribution in [3.05, 3.63) is 46.5 Å². The lowest BCUT2D eigenvalue weighted by molar-refractivity contribution is -0.127. The lowest BCUT2D eigenvalue weighted by Gasteiger charge is -2.37. The second kappa shape index (κ2) is 9.89. The highest BCUT2D eigenvalue weighted by Gasteiger charge is 2.30. The van der Waals surface area contributed by atoms with E-state index >= 15 is 0 Å². The van der Waals surface area contributed by atoms with Gasteiger partial charge in [-0.05, 0) is 32.3 Å². The van der Waals surface area contributed by atoms with Gasteiger partial charge in [-0.1, -0.05) is 29.8 Å². The number of rotatable bonds is 8. The van der Waals surface area contributed by atoms with Crippen LogP contribution in [0.1, 0.15) is 35.8 Å². The molecule has 4 rings (SSSR count). The predicted octanol–water partition coefficient (Wildman–Crippen LogP) is 2.27. The van der Waals surface area contributed by atoms with Crippen molar-refractivity contribution < 1.29 is 9.59 Å². The van der Waals surface area contributed by atoms with Gasteiger partial charge in [0.25, 0.3) is 0 Å². The first-order valence-electron chi connectivity index (χ1n) is 11.0. The molecule has 2 fully saturated rings. The van der Waals surface area contributed by atoms with Gasteiger partial charge >= 0.3 is 0 Å². The van der Waals surface area contributed by atoms with Crippen molar-refractivity contribution in [2.75, 3.05) is 38.0 Å². The molecule has 1 saturated carbocycles. The summed E-state index contributed by atoms with van der Waals surface area (Å²) >= 11 is 1.53. The average molecular weight is 442 g/mol. The van der Waals surface area contributed by atoms with Crippen LogP contribution in [0.5, 0.6) is 0 Å². The van der Waals surface area contributed by atoms with Gasteiger partial charge in [0.2, 0.25) is 11.8 Å². The Labute approximate surface area is 187 Å². The lowest BCUT2D eigenvalue weighted by atomic mass is 10.1. The van der Waals surface area contributed by atoms with E-state index in [1.165, 1.54) is 22.5 Å². The van der Waals surface area contributed by atoms with E-state index in [2.05, 4.69) is 56.6 Å². The Morgan fingerprint density at radius 1 is 1.23 bits per heavy atom. The minimum Gasteiger partial charge on any atom is -0.352 e. The minimum absolute atomic E-state index is 0.0376. The predicted molar refractivity (Wildman–Crippen MR) is 123 cm³/mol. The van der Waals surface area contributed by atoms with E-state index in [0.29, 0.717) is 17.7 Å². The molecule has 2 amide bonds. The van der Waals surface area contributed by atoms with Crippen molar-refractivity contribution in [1.29, 1.82) is 0 Å². The van der Waals surface area contributed by atoms with Crippen LogP contribution in [0.3, 0.4) is 0 Å². The number of benzene rings is 1. The van der Waals surface area contributed by atoms with Gasteiger partial charge < -0.3 is 10.6 Å². The normalized spacial score (nSPS) is 18.5. The van der Waals surface area contributed by atoms with E-state index < -0.39 is 0 Å². The number of hydrogen-bond donors (Lipinski definition) is 2. The summed E-state index contributed by atoms with van der Waals surface area (Å²) in [5.41, 5.74) is 2.49. The number of carbonyl (C=O) groups is 2. The molecule has 31 heavy (non-hydrogen) atoms. The molecule has 1 aliphatic heterocycles. The monoisotopic (exact) mass is 441 g/mol. The number of carbonyl (C=O) groups excluding carboxylic acids is 2. The number of anilines is 1. The summed E-state index contributed by atoms with van der Waals surface area (Å²) in [6.07, 6.45) is 4.88. The third-order valence-electron chi connectivity index (χ3n) is 5.89. The average Bonchev–Trinajstić information content (AvgIpc) is 3.45. The van der Waals surface area contributed by atoms with Crippen LogP contribution in [0.25, 0.3) is 0 Å². The highest BCUT2D eigenvalue weighted by Crippen LogP contribution is 2.22. The molecule has 1 atom stereocenters. The Kier molecular flexibility index (Phi) is 6.99. The summed E-state index contributed by atoms with van der Waals surface area (Å²) in [5, 5.41) is 6.66. The second-order valence-electron chi connectivity index (χ2n) is 8.62. The molecule has 1 aromatic carbocycles.